The van der Waals surface area contributed by atoms with Gasteiger partial charge in [0, 0.05) is 12.1 Å². The number of carbonyl (C=O) groups is 1. The zero-order chi connectivity index (χ0) is 16.7. The van der Waals surface area contributed by atoms with E-state index in [2.05, 4.69) is 0 Å². The summed E-state index contributed by atoms with van der Waals surface area (Å²) < 4.78 is 5.59. The Balaban J connectivity index is 1.76. The molecule has 2 aromatic carbocycles. The summed E-state index contributed by atoms with van der Waals surface area (Å²) >= 11 is 5.82. The predicted octanol–water partition coefficient (Wildman–Crippen LogP) is 2.75. The third-order valence-electron chi connectivity index (χ3n) is 3.50. The van der Waals surface area contributed by atoms with E-state index < -0.39 is 6.04 Å². The Morgan fingerprint density at radius 1 is 1.17 bits per heavy atom. The van der Waals surface area contributed by atoms with E-state index >= 15 is 0 Å². The van der Waals surface area contributed by atoms with E-state index in [4.69, 9.17) is 22.1 Å². The molecule has 0 saturated heterocycles. The molecular formula is C18H21ClN2O2. The van der Waals surface area contributed by atoms with Crippen molar-refractivity contribution in [2.24, 2.45) is 5.73 Å². The van der Waals surface area contributed by atoms with E-state index in [-0.39, 0.29) is 5.91 Å². The van der Waals surface area contributed by atoms with Crippen molar-refractivity contribution in [1.82, 2.24) is 4.90 Å². The Hall–Kier alpha value is -2.04. The molecule has 0 heterocycles. The van der Waals surface area contributed by atoms with Gasteiger partial charge >= 0.3 is 0 Å². The first-order chi connectivity index (χ1) is 11.1. The zero-order valence-corrected chi connectivity index (χ0v) is 13.9. The summed E-state index contributed by atoms with van der Waals surface area (Å²) in [7, 11) is 1.73. The van der Waals surface area contributed by atoms with Crippen molar-refractivity contribution in [3.63, 3.8) is 0 Å². The largest absolute Gasteiger partial charge is 0.492 e. The van der Waals surface area contributed by atoms with Gasteiger partial charge in [0.1, 0.15) is 12.4 Å². The molecule has 0 radical (unpaired) electrons. The summed E-state index contributed by atoms with van der Waals surface area (Å²) in [5.41, 5.74) is 7.06. The fraction of sp³-hybridized carbons (Fsp3) is 0.278. The molecule has 2 N–H and O–H groups in total. The first-order valence-corrected chi connectivity index (χ1v) is 7.87. The van der Waals surface area contributed by atoms with Gasteiger partial charge in [-0.25, -0.2) is 0 Å². The first-order valence-electron chi connectivity index (χ1n) is 7.49. The van der Waals surface area contributed by atoms with E-state index in [0.717, 1.165) is 11.3 Å². The SMILES string of the molecule is CN(CCOc1ccc(Cl)cc1)C(=O)[C@H](N)Cc1ccccc1. The highest BCUT2D eigenvalue weighted by Crippen LogP contribution is 2.15. The quantitative estimate of drug-likeness (QED) is 0.848. The Morgan fingerprint density at radius 2 is 1.83 bits per heavy atom. The fourth-order valence-corrected chi connectivity index (χ4v) is 2.31. The average Bonchev–Trinajstić information content (AvgIpc) is 2.56. The fourth-order valence-electron chi connectivity index (χ4n) is 2.18. The highest BCUT2D eigenvalue weighted by molar-refractivity contribution is 6.30. The van der Waals surface area contributed by atoms with Gasteiger partial charge < -0.3 is 15.4 Å². The van der Waals surface area contributed by atoms with Crippen LogP contribution in [0.4, 0.5) is 0 Å². The molecular weight excluding hydrogens is 312 g/mol. The van der Waals surface area contributed by atoms with E-state index in [9.17, 15) is 4.79 Å². The summed E-state index contributed by atoms with van der Waals surface area (Å²) in [6, 6.07) is 16.3. The first kappa shape index (κ1) is 17.3. The third-order valence-corrected chi connectivity index (χ3v) is 3.75. The molecule has 1 amide bonds. The molecule has 0 bridgehead atoms. The lowest BCUT2D eigenvalue weighted by Gasteiger charge is -2.21. The number of ether oxygens (including phenoxy) is 1. The maximum absolute atomic E-state index is 12.3. The summed E-state index contributed by atoms with van der Waals surface area (Å²) in [6.07, 6.45) is 0.530. The molecule has 5 heteroatoms. The highest BCUT2D eigenvalue weighted by atomic mass is 35.5. The van der Waals surface area contributed by atoms with E-state index in [1.807, 2.05) is 30.3 Å². The Labute approximate surface area is 141 Å². The van der Waals surface area contributed by atoms with Gasteiger partial charge in [0.2, 0.25) is 5.91 Å². The van der Waals surface area contributed by atoms with Crippen molar-refractivity contribution in [3.05, 3.63) is 65.2 Å². The van der Waals surface area contributed by atoms with Crippen LogP contribution in [-0.2, 0) is 11.2 Å². The lowest BCUT2D eigenvalue weighted by Crippen LogP contribution is -2.44. The van der Waals surface area contributed by atoms with Crippen LogP contribution in [0, 0.1) is 0 Å². The number of nitrogens with two attached hydrogens (primary N) is 1. The second kappa shape index (κ2) is 8.56. The lowest BCUT2D eigenvalue weighted by molar-refractivity contribution is -0.131. The van der Waals surface area contributed by atoms with Crippen LogP contribution >= 0.6 is 11.6 Å². The van der Waals surface area contributed by atoms with Crippen LogP contribution < -0.4 is 10.5 Å². The normalized spacial score (nSPS) is 11.8. The van der Waals surface area contributed by atoms with Gasteiger partial charge in [0.15, 0.2) is 0 Å². The van der Waals surface area contributed by atoms with Crippen LogP contribution in [0.2, 0.25) is 5.02 Å². The van der Waals surface area contributed by atoms with E-state index in [1.165, 1.54) is 0 Å². The molecule has 0 aliphatic carbocycles. The lowest BCUT2D eigenvalue weighted by atomic mass is 10.1. The zero-order valence-electron chi connectivity index (χ0n) is 13.1. The van der Waals surface area contributed by atoms with Crippen molar-refractivity contribution in [1.29, 1.82) is 0 Å². The maximum atomic E-state index is 12.3. The van der Waals surface area contributed by atoms with Crippen LogP contribution in [0.3, 0.4) is 0 Å². The molecule has 122 valence electrons. The molecule has 23 heavy (non-hydrogen) atoms. The van der Waals surface area contributed by atoms with E-state index in [1.54, 1.807) is 36.2 Å². The average molecular weight is 333 g/mol. The van der Waals surface area contributed by atoms with Gasteiger partial charge in [-0.3, -0.25) is 4.79 Å². The van der Waals surface area contributed by atoms with Crippen LogP contribution in [0.1, 0.15) is 5.56 Å². The smallest absolute Gasteiger partial charge is 0.239 e. The van der Waals surface area contributed by atoms with Crippen molar-refractivity contribution in [2.75, 3.05) is 20.2 Å². The molecule has 4 nitrogen and oxygen atoms in total. The van der Waals surface area contributed by atoms with Gasteiger partial charge in [-0.1, -0.05) is 41.9 Å². The summed E-state index contributed by atoms with van der Waals surface area (Å²) in [5, 5.41) is 0.663. The summed E-state index contributed by atoms with van der Waals surface area (Å²) in [5.74, 6) is 0.636. The molecule has 0 aliphatic rings. The topological polar surface area (TPSA) is 55.6 Å². The molecule has 0 spiro atoms. The number of benzene rings is 2. The number of hydrogen-bond donors (Lipinski definition) is 1. The molecule has 1 atom stereocenters. The molecule has 2 rings (SSSR count). The Morgan fingerprint density at radius 3 is 2.48 bits per heavy atom. The van der Waals surface area contributed by atoms with Gasteiger partial charge in [-0.05, 0) is 36.2 Å². The van der Waals surface area contributed by atoms with Crippen LogP contribution in [-0.4, -0.2) is 37.0 Å². The Kier molecular flexibility index (Phi) is 6.44. The van der Waals surface area contributed by atoms with Crippen molar-refractivity contribution in [3.8, 4) is 5.75 Å². The number of nitrogens with zero attached hydrogens (tertiary/aromatic N) is 1. The molecule has 2 aromatic rings. The molecule has 0 unspecified atom stereocenters. The van der Waals surface area contributed by atoms with Crippen molar-refractivity contribution >= 4 is 17.5 Å². The molecule has 0 aliphatic heterocycles. The number of halogens is 1. The van der Waals surface area contributed by atoms with E-state index in [0.29, 0.717) is 24.6 Å². The third kappa shape index (κ3) is 5.58. The Bertz CT molecular complexity index is 617. The molecule has 0 aromatic heterocycles. The number of carbonyl (C=O) groups excluding carboxylic acids is 1. The van der Waals surface area contributed by atoms with Gasteiger partial charge in [-0.15, -0.1) is 0 Å². The number of rotatable bonds is 7. The molecule has 0 fully saturated rings. The predicted molar refractivity (Wildman–Crippen MR) is 92.7 cm³/mol. The second-order valence-electron chi connectivity index (χ2n) is 5.36. The van der Waals surface area contributed by atoms with Crippen molar-refractivity contribution < 1.29 is 9.53 Å². The minimum absolute atomic E-state index is 0.0893. The minimum atomic E-state index is -0.544. The number of likely N-dealkylation sites (N-methyl/N-ethyl adjacent to an activating group) is 1. The number of hydrogen-bond acceptors (Lipinski definition) is 3. The summed E-state index contributed by atoms with van der Waals surface area (Å²) in [6.45, 7) is 0.881. The van der Waals surface area contributed by atoms with Gasteiger partial charge in [0.05, 0.1) is 12.6 Å². The van der Waals surface area contributed by atoms with Crippen LogP contribution in [0.5, 0.6) is 5.75 Å². The minimum Gasteiger partial charge on any atom is -0.492 e. The number of amides is 1. The highest BCUT2D eigenvalue weighted by Gasteiger charge is 2.18. The summed E-state index contributed by atoms with van der Waals surface area (Å²) in [4.78, 5) is 13.9. The second-order valence-corrected chi connectivity index (χ2v) is 5.79. The maximum Gasteiger partial charge on any atom is 0.239 e. The van der Waals surface area contributed by atoms with Crippen molar-refractivity contribution in [2.45, 2.75) is 12.5 Å². The standard InChI is InChI=1S/C18H21ClN2O2/c1-21(11-12-23-16-9-7-15(19)8-10-16)18(22)17(20)13-14-5-3-2-4-6-14/h2-10,17H,11-13,20H2,1H3/t17-/m1/s1. The van der Waals surface area contributed by atoms with Crippen LogP contribution in [0.25, 0.3) is 0 Å². The monoisotopic (exact) mass is 332 g/mol. The van der Waals surface area contributed by atoms with Gasteiger partial charge in [-0.2, -0.15) is 0 Å². The van der Waals surface area contributed by atoms with Gasteiger partial charge in [0.25, 0.3) is 0 Å². The molecule has 0 saturated carbocycles. The van der Waals surface area contributed by atoms with Crippen LogP contribution in [0.15, 0.2) is 54.6 Å².